The summed E-state index contributed by atoms with van der Waals surface area (Å²) < 4.78 is 6.64. The molecule has 2 aromatic rings. The maximum Gasteiger partial charge on any atom is 0.273 e. The SMILES string of the molecule is CCCNC(=O)c1cn(-c2ccc(OC)cc2)nn1. The summed E-state index contributed by atoms with van der Waals surface area (Å²) in [5, 5.41) is 10.6. The Balaban J connectivity index is 2.13. The molecule has 0 saturated carbocycles. The summed E-state index contributed by atoms with van der Waals surface area (Å²) in [6.07, 6.45) is 2.49. The van der Waals surface area contributed by atoms with Crippen LogP contribution >= 0.6 is 0 Å². The fourth-order valence-electron chi connectivity index (χ4n) is 1.56. The van der Waals surface area contributed by atoms with Crippen LogP contribution in [-0.4, -0.2) is 34.6 Å². The zero-order valence-electron chi connectivity index (χ0n) is 11.0. The van der Waals surface area contributed by atoms with Crippen LogP contribution in [0, 0.1) is 0 Å². The van der Waals surface area contributed by atoms with Crippen LogP contribution in [0.25, 0.3) is 5.69 Å². The number of amides is 1. The second-order valence-electron chi connectivity index (χ2n) is 4.00. The van der Waals surface area contributed by atoms with Crippen LogP contribution < -0.4 is 10.1 Å². The van der Waals surface area contributed by atoms with E-state index >= 15 is 0 Å². The molecule has 1 heterocycles. The summed E-state index contributed by atoms with van der Waals surface area (Å²) >= 11 is 0. The summed E-state index contributed by atoms with van der Waals surface area (Å²) in [5.74, 6) is 0.561. The number of rotatable bonds is 5. The van der Waals surface area contributed by atoms with Gasteiger partial charge in [0.1, 0.15) is 5.75 Å². The van der Waals surface area contributed by atoms with Gasteiger partial charge in [-0.25, -0.2) is 4.68 Å². The van der Waals surface area contributed by atoms with Crippen LogP contribution in [0.4, 0.5) is 0 Å². The maximum atomic E-state index is 11.7. The van der Waals surface area contributed by atoms with E-state index in [-0.39, 0.29) is 5.91 Å². The highest BCUT2D eigenvalue weighted by Gasteiger charge is 2.10. The quantitative estimate of drug-likeness (QED) is 0.882. The predicted octanol–water partition coefficient (Wildman–Crippen LogP) is 1.42. The summed E-state index contributed by atoms with van der Waals surface area (Å²) in [6.45, 7) is 2.63. The Morgan fingerprint density at radius 3 is 2.74 bits per heavy atom. The van der Waals surface area contributed by atoms with Gasteiger partial charge in [-0.1, -0.05) is 12.1 Å². The lowest BCUT2D eigenvalue weighted by molar-refractivity contribution is 0.0948. The molecule has 0 unspecified atom stereocenters. The molecule has 0 aliphatic rings. The fraction of sp³-hybridized carbons (Fsp3) is 0.308. The molecule has 1 N–H and O–H groups in total. The van der Waals surface area contributed by atoms with Crippen molar-refractivity contribution >= 4 is 5.91 Å². The fourth-order valence-corrected chi connectivity index (χ4v) is 1.56. The number of nitrogens with zero attached hydrogens (tertiary/aromatic N) is 3. The third-order valence-corrected chi connectivity index (χ3v) is 2.60. The number of aromatic nitrogens is 3. The molecule has 19 heavy (non-hydrogen) atoms. The summed E-state index contributed by atoms with van der Waals surface area (Å²) in [5.41, 5.74) is 1.13. The lowest BCUT2D eigenvalue weighted by Gasteiger charge is -2.02. The molecule has 1 aromatic carbocycles. The molecule has 0 aliphatic heterocycles. The molecule has 0 bridgehead atoms. The number of benzene rings is 1. The molecule has 0 spiro atoms. The van der Waals surface area contributed by atoms with Crippen molar-refractivity contribution in [2.45, 2.75) is 13.3 Å². The van der Waals surface area contributed by atoms with Crippen LogP contribution in [0.5, 0.6) is 5.75 Å². The molecular weight excluding hydrogens is 244 g/mol. The Hall–Kier alpha value is -2.37. The van der Waals surface area contributed by atoms with E-state index in [0.717, 1.165) is 17.9 Å². The first-order chi connectivity index (χ1) is 9.24. The van der Waals surface area contributed by atoms with Crippen molar-refractivity contribution in [3.05, 3.63) is 36.2 Å². The van der Waals surface area contributed by atoms with Crippen LogP contribution in [0.1, 0.15) is 23.8 Å². The van der Waals surface area contributed by atoms with E-state index in [1.54, 1.807) is 18.0 Å². The number of carbonyl (C=O) groups is 1. The van der Waals surface area contributed by atoms with Crippen molar-refractivity contribution in [1.29, 1.82) is 0 Å². The highest BCUT2D eigenvalue weighted by Crippen LogP contribution is 2.14. The number of nitrogens with one attached hydrogen (secondary N) is 1. The highest BCUT2D eigenvalue weighted by atomic mass is 16.5. The van der Waals surface area contributed by atoms with E-state index in [1.165, 1.54) is 0 Å². The topological polar surface area (TPSA) is 69.0 Å². The number of hydrogen-bond acceptors (Lipinski definition) is 4. The number of ether oxygens (including phenoxy) is 1. The first-order valence-corrected chi connectivity index (χ1v) is 6.09. The molecule has 100 valence electrons. The first kappa shape index (κ1) is 13.1. The predicted molar refractivity (Wildman–Crippen MR) is 70.5 cm³/mol. The van der Waals surface area contributed by atoms with Crippen molar-refractivity contribution < 1.29 is 9.53 Å². The lowest BCUT2D eigenvalue weighted by atomic mass is 10.3. The molecule has 6 heteroatoms. The molecule has 0 fully saturated rings. The van der Waals surface area contributed by atoms with Crippen LogP contribution in [0.2, 0.25) is 0 Å². The molecule has 6 nitrogen and oxygen atoms in total. The third kappa shape index (κ3) is 3.09. The van der Waals surface area contributed by atoms with Gasteiger partial charge in [-0.2, -0.15) is 0 Å². The molecular formula is C13H16N4O2. The Morgan fingerprint density at radius 2 is 2.11 bits per heavy atom. The number of carbonyl (C=O) groups excluding carboxylic acids is 1. The largest absolute Gasteiger partial charge is 0.497 e. The van der Waals surface area contributed by atoms with E-state index in [2.05, 4.69) is 15.6 Å². The maximum absolute atomic E-state index is 11.7. The van der Waals surface area contributed by atoms with Crippen molar-refractivity contribution in [3.8, 4) is 11.4 Å². The molecule has 0 aliphatic carbocycles. The van der Waals surface area contributed by atoms with Gasteiger partial charge in [0.15, 0.2) is 5.69 Å². The average Bonchev–Trinajstić information content (AvgIpc) is 2.94. The zero-order chi connectivity index (χ0) is 13.7. The third-order valence-electron chi connectivity index (χ3n) is 2.60. The minimum absolute atomic E-state index is 0.207. The number of methoxy groups -OCH3 is 1. The molecule has 0 radical (unpaired) electrons. The van der Waals surface area contributed by atoms with Crippen LogP contribution in [0.3, 0.4) is 0 Å². The van der Waals surface area contributed by atoms with Gasteiger partial charge in [0.2, 0.25) is 0 Å². The Labute approximate surface area is 111 Å². The van der Waals surface area contributed by atoms with Gasteiger partial charge in [-0.3, -0.25) is 4.79 Å². The van der Waals surface area contributed by atoms with Crippen molar-refractivity contribution in [2.75, 3.05) is 13.7 Å². The second kappa shape index (κ2) is 5.99. The Bertz CT molecular complexity index is 548. The van der Waals surface area contributed by atoms with Gasteiger partial charge in [0.05, 0.1) is 19.0 Å². The molecule has 1 amide bonds. The zero-order valence-corrected chi connectivity index (χ0v) is 11.0. The minimum atomic E-state index is -0.207. The summed E-state index contributed by atoms with van der Waals surface area (Å²) in [4.78, 5) is 11.7. The van der Waals surface area contributed by atoms with Gasteiger partial charge < -0.3 is 10.1 Å². The van der Waals surface area contributed by atoms with Crippen molar-refractivity contribution in [2.24, 2.45) is 0 Å². The van der Waals surface area contributed by atoms with E-state index in [9.17, 15) is 4.79 Å². The normalized spacial score (nSPS) is 10.2. The second-order valence-corrected chi connectivity index (χ2v) is 4.00. The first-order valence-electron chi connectivity index (χ1n) is 6.09. The van der Waals surface area contributed by atoms with E-state index in [4.69, 9.17) is 4.74 Å². The van der Waals surface area contributed by atoms with Crippen LogP contribution in [0.15, 0.2) is 30.5 Å². The Morgan fingerprint density at radius 1 is 1.37 bits per heavy atom. The van der Waals surface area contributed by atoms with Gasteiger partial charge in [-0.05, 0) is 30.7 Å². The lowest BCUT2D eigenvalue weighted by Crippen LogP contribution is -2.24. The summed E-state index contributed by atoms with van der Waals surface area (Å²) in [6, 6.07) is 7.35. The van der Waals surface area contributed by atoms with E-state index in [1.807, 2.05) is 31.2 Å². The van der Waals surface area contributed by atoms with Gasteiger partial charge in [0.25, 0.3) is 5.91 Å². The highest BCUT2D eigenvalue weighted by molar-refractivity contribution is 5.91. The number of hydrogen-bond donors (Lipinski definition) is 1. The smallest absolute Gasteiger partial charge is 0.273 e. The molecule has 2 rings (SSSR count). The van der Waals surface area contributed by atoms with Crippen LogP contribution in [-0.2, 0) is 0 Å². The van der Waals surface area contributed by atoms with Crippen molar-refractivity contribution in [1.82, 2.24) is 20.3 Å². The van der Waals surface area contributed by atoms with E-state index < -0.39 is 0 Å². The molecule has 0 saturated heterocycles. The monoisotopic (exact) mass is 260 g/mol. The van der Waals surface area contributed by atoms with E-state index in [0.29, 0.717) is 12.2 Å². The van der Waals surface area contributed by atoms with Crippen molar-refractivity contribution in [3.63, 3.8) is 0 Å². The summed E-state index contributed by atoms with van der Waals surface area (Å²) in [7, 11) is 1.61. The minimum Gasteiger partial charge on any atom is -0.497 e. The van der Waals surface area contributed by atoms with Gasteiger partial charge >= 0.3 is 0 Å². The molecule has 0 atom stereocenters. The van der Waals surface area contributed by atoms with Gasteiger partial charge in [0, 0.05) is 6.54 Å². The molecule has 1 aromatic heterocycles. The average molecular weight is 260 g/mol. The standard InChI is InChI=1S/C13H16N4O2/c1-3-8-14-13(18)12-9-17(16-15-12)10-4-6-11(19-2)7-5-10/h4-7,9H,3,8H2,1-2H3,(H,14,18). The van der Waals surface area contributed by atoms with Gasteiger partial charge in [-0.15, -0.1) is 5.10 Å². The Kier molecular flexibility index (Phi) is 4.12.